The van der Waals surface area contributed by atoms with E-state index in [1.165, 1.54) is 283 Å². The van der Waals surface area contributed by atoms with Crippen LogP contribution in [0, 0.1) is 0 Å². The van der Waals surface area contributed by atoms with Gasteiger partial charge in [-0.25, -0.2) is 0 Å². The van der Waals surface area contributed by atoms with Crippen molar-refractivity contribution in [1.29, 1.82) is 0 Å². The highest BCUT2D eigenvalue weighted by molar-refractivity contribution is 5.76. The quantitative estimate of drug-likeness (QED) is 0.0321. The largest absolute Gasteiger partial charge is 0.466 e. The predicted octanol–water partition coefficient (Wildman–Crippen LogP) is 19.6. The van der Waals surface area contributed by atoms with Crippen molar-refractivity contribution >= 4 is 11.9 Å². The normalized spacial score (nSPS) is 12.6. The molecule has 0 saturated carbocycles. The van der Waals surface area contributed by atoms with Crippen molar-refractivity contribution < 1.29 is 24.5 Å². The summed E-state index contributed by atoms with van der Waals surface area (Å²) >= 11 is 0. The molecule has 0 aliphatic heterocycles. The van der Waals surface area contributed by atoms with Gasteiger partial charge >= 0.3 is 5.97 Å². The van der Waals surface area contributed by atoms with Gasteiger partial charge in [0.15, 0.2) is 0 Å². The molecule has 2 unspecified atom stereocenters. The first kappa shape index (κ1) is 67.6. The van der Waals surface area contributed by atoms with Gasteiger partial charge in [0.25, 0.3) is 0 Å². The Morgan fingerprint density at radius 2 is 0.681 bits per heavy atom. The van der Waals surface area contributed by atoms with Crippen LogP contribution in [0.15, 0.2) is 12.2 Å². The Hall–Kier alpha value is -1.40. The van der Waals surface area contributed by atoms with E-state index in [1.807, 2.05) is 0 Å². The molecule has 0 radical (unpaired) electrons. The van der Waals surface area contributed by atoms with E-state index in [4.69, 9.17) is 4.74 Å². The lowest BCUT2D eigenvalue weighted by Gasteiger charge is -2.22. The zero-order valence-corrected chi connectivity index (χ0v) is 46.8. The average Bonchev–Trinajstić information content (AvgIpc) is 3.35. The third-order valence-corrected chi connectivity index (χ3v) is 14.8. The van der Waals surface area contributed by atoms with Gasteiger partial charge in [-0.15, -0.1) is 0 Å². The van der Waals surface area contributed by atoms with Crippen molar-refractivity contribution in [1.82, 2.24) is 5.32 Å². The van der Waals surface area contributed by atoms with Gasteiger partial charge < -0.3 is 20.3 Å². The Balaban J connectivity index is 3.32. The second-order valence-electron chi connectivity index (χ2n) is 21.7. The van der Waals surface area contributed by atoms with Gasteiger partial charge in [0.2, 0.25) is 5.91 Å². The van der Waals surface area contributed by atoms with E-state index in [0.29, 0.717) is 25.9 Å². The monoisotopic (exact) mass is 974 g/mol. The first-order valence-electron chi connectivity index (χ1n) is 31.4. The Morgan fingerprint density at radius 3 is 1.03 bits per heavy atom. The highest BCUT2D eigenvalue weighted by Crippen LogP contribution is 2.18. The number of nitrogens with one attached hydrogen (secondary N) is 1. The second kappa shape index (κ2) is 59.2. The van der Waals surface area contributed by atoms with Crippen molar-refractivity contribution in [3.63, 3.8) is 0 Å². The zero-order valence-electron chi connectivity index (χ0n) is 46.8. The van der Waals surface area contributed by atoms with E-state index in [2.05, 4.69) is 31.3 Å². The van der Waals surface area contributed by atoms with E-state index in [0.717, 1.165) is 38.5 Å². The fraction of sp³-hybridized carbons (Fsp3) is 0.937. The van der Waals surface area contributed by atoms with Crippen molar-refractivity contribution in [3.05, 3.63) is 12.2 Å². The summed E-state index contributed by atoms with van der Waals surface area (Å²) in [5, 5.41) is 23.2. The number of ether oxygens (including phenoxy) is 1. The van der Waals surface area contributed by atoms with E-state index >= 15 is 0 Å². The lowest BCUT2D eigenvalue weighted by Crippen LogP contribution is -2.45. The first-order valence-corrected chi connectivity index (χ1v) is 31.4. The molecule has 1 amide bonds. The van der Waals surface area contributed by atoms with Crippen LogP contribution in [-0.2, 0) is 14.3 Å². The minimum absolute atomic E-state index is 0.0146. The van der Waals surface area contributed by atoms with Crippen LogP contribution in [-0.4, -0.2) is 47.4 Å². The number of unbranched alkanes of at least 4 members (excludes halogenated alkanes) is 46. The third-order valence-electron chi connectivity index (χ3n) is 14.8. The summed E-state index contributed by atoms with van der Waals surface area (Å²) in [7, 11) is 0. The molecule has 0 rings (SSSR count). The fourth-order valence-corrected chi connectivity index (χ4v) is 9.99. The second-order valence-corrected chi connectivity index (χ2v) is 21.7. The maximum absolute atomic E-state index is 12.4. The van der Waals surface area contributed by atoms with Crippen LogP contribution in [0.2, 0.25) is 0 Å². The Kier molecular flexibility index (Phi) is 58.0. The number of allylic oxidation sites excluding steroid dienone is 2. The summed E-state index contributed by atoms with van der Waals surface area (Å²) in [4.78, 5) is 24.5. The Morgan fingerprint density at radius 1 is 0.391 bits per heavy atom. The summed E-state index contributed by atoms with van der Waals surface area (Å²) in [5.41, 5.74) is 0. The molecular formula is C63H123NO5. The van der Waals surface area contributed by atoms with Crippen LogP contribution in [0.1, 0.15) is 354 Å². The minimum Gasteiger partial charge on any atom is -0.466 e. The van der Waals surface area contributed by atoms with E-state index in [1.54, 1.807) is 0 Å². The van der Waals surface area contributed by atoms with Gasteiger partial charge in [-0.05, 0) is 51.4 Å². The van der Waals surface area contributed by atoms with Crippen molar-refractivity contribution in [3.8, 4) is 0 Å². The van der Waals surface area contributed by atoms with E-state index in [-0.39, 0.29) is 18.5 Å². The molecule has 6 heteroatoms. The summed E-state index contributed by atoms with van der Waals surface area (Å²) in [6.45, 7) is 4.96. The maximum Gasteiger partial charge on any atom is 0.305 e. The van der Waals surface area contributed by atoms with Crippen LogP contribution in [0.3, 0.4) is 0 Å². The molecule has 0 heterocycles. The molecule has 0 aliphatic rings. The van der Waals surface area contributed by atoms with E-state index in [9.17, 15) is 19.8 Å². The molecule has 0 aliphatic carbocycles. The highest BCUT2D eigenvalue weighted by Gasteiger charge is 2.20. The van der Waals surface area contributed by atoms with Gasteiger partial charge in [-0.3, -0.25) is 9.59 Å². The molecule has 0 aromatic heterocycles. The third kappa shape index (κ3) is 55.8. The molecule has 3 N–H and O–H groups in total. The summed E-state index contributed by atoms with van der Waals surface area (Å²) in [6, 6.07) is -0.538. The lowest BCUT2D eigenvalue weighted by atomic mass is 10.0. The highest BCUT2D eigenvalue weighted by atomic mass is 16.5. The standard InChI is InChI=1S/C63H123NO5/c1-3-5-7-9-11-13-15-16-17-18-24-28-31-34-37-41-45-49-53-57-63(68)69-58-54-50-46-42-38-35-32-29-26-23-21-19-20-22-25-27-30-33-36-40-44-48-52-56-62(67)64-60(59-65)61(66)55-51-47-43-39-14-12-10-8-6-4-2/h16-17,60-61,65-66H,3-15,18-59H2,1-2H3,(H,64,67)/b17-16-. The van der Waals surface area contributed by atoms with Gasteiger partial charge in [0, 0.05) is 12.8 Å². The molecular weight excluding hydrogens is 851 g/mol. The Labute approximate surface area is 431 Å². The molecule has 6 nitrogen and oxygen atoms in total. The number of esters is 1. The topological polar surface area (TPSA) is 95.9 Å². The number of hydrogen-bond donors (Lipinski definition) is 3. The van der Waals surface area contributed by atoms with Gasteiger partial charge in [0.1, 0.15) is 0 Å². The number of hydrogen-bond acceptors (Lipinski definition) is 5. The van der Waals surface area contributed by atoms with Crippen LogP contribution in [0.4, 0.5) is 0 Å². The van der Waals surface area contributed by atoms with Crippen molar-refractivity contribution in [2.45, 2.75) is 366 Å². The average molecular weight is 975 g/mol. The zero-order chi connectivity index (χ0) is 50.0. The molecule has 410 valence electrons. The summed E-state index contributed by atoms with van der Waals surface area (Å²) < 4.78 is 5.50. The first-order chi connectivity index (χ1) is 34.0. The van der Waals surface area contributed by atoms with Crippen LogP contribution in [0.5, 0.6) is 0 Å². The number of amides is 1. The lowest BCUT2D eigenvalue weighted by molar-refractivity contribution is -0.143. The molecule has 2 atom stereocenters. The predicted molar refractivity (Wildman–Crippen MR) is 301 cm³/mol. The number of carbonyl (C=O) groups excluding carboxylic acids is 2. The molecule has 0 spiro atoms. The summed E-state index contributed by atoms with van der Waals surface area (Å²) in [6.07, 6.45) is 70.9. The fourth-order valence-electron chi connectivity index (χ4n) is 9.99. The molecule has 69 heavy (non-hydrogen) atoms. The molecule has 0 saturated heterocycles. The molecule has 0 fully saturated rings. The van der Waals surface area contributed by atoms with Crippen LogP contribution < -0.4 is 5.32 Å². The minimum atomic E-state index is -0.661. The van der Waals surface area contributed by atoms with Crippen molar-refractivity contribution in [2.24, 2.45) is 0 Å². The number of carbonyl (C=O) groups is 2. The SMILES string of the molecule is CCCCCCCC/C=C\CCCCCCCCCCCC(=O)OCCCCCCCCCCCCCCCCCCCCCCCCCC(=O)NC(CO)C(O)CCCCCCCCCCCC. The van der Waals surface area contributed by atoms with Gasteiger partial charge in [0.05, 0.1) is 25.4 Å². The molecule has 0 bridgehead atoms. The van der Waals surface area contributed by atoms with E-state index < -0.39 is 12.1 Å². The van der Waals surface area contributed by atoms with Crippen LogP contribution >= 0.6 is 0 Å². The number of rotatable bonds is 59. The molecule has 0 aromatic carbocycles. The smallest absolute Gasteiger partial charge is 0.305 e. The maximum atomic E-state index is 12.4. The number of aliphatic hydroxyl groups is 2. The van der Waals surface area contributed by atoms with Gasteiger partial charge in [-0.2, -0.15) is 0 Å². The van der Waals surface area contributed by atoms with Crippen molar-refractivity contribution in [2.75, 3.05) is 13.2 Å². The van der Waals surface area contributed by atoms with Gasteiger partial charge in [-0.1, -0.05) is 302 Å². The molecule has 0 aromatic rings. The summed E-state index contributed by atoms with van der Waals surface area (Å²) in [5.74, 6) is -0.0200. The van der Waals surface area contributed by atoms with Crippen LogP contribution in [0.25, 0.3) is 0 Å². The Bertz CT molecular complexity index is 1030. The number of aliphatic hydroxyl groups excluding tert-OH is 2.